The SMILES string of the molecule is CCCNC(c1cc(Cl)ccc1C)c1c(Br)nnn1C. The lowest BCUT2D eigenvalue weighted by Crippen LogP contribution is -2.26. The molecule has 1 unspecified atom stereocenters. The Hall–Kier alpha value is -0.910. The van der Waals surface area contributed by atoms with Crippen molar-refractivity contribution in [3.63, 3.8) is 0 Å². The Kier molecular flexibility index (Phi) is 5.18. The van der Waals surface area contributed by atoms with E-state index in [9.17, 15) is 0 Å². The van der Waals surface area contributed by atoms with Gasteiger partial charge in [-0.25, -0.2) is 4.68 Å². The first kappa shape index (κ1) is 15.5. The van der Waals surface area contributed by atoms with E-state index in [1.165, 1.54) is 5.56 Å². The van der Waals surface area contributed by atoms with Crippen LogP contribution >= 0.6 is 27.5 Å². The third-order valence-corrected chi connectivity index (χ3v) is 4.05. The normalized spacial score (nSPS) is 12.7. The summed E-state index contributed by atoms with van der Waals surface area (Å²) in [7, 11) is 1.90. The fourth-order valence-electron chi connectivity index (χ4n) is 2.21. The summed E-state index contributed by atoms with van der Waals surface area (Å²) in [5.74, 6) is 0. The van der Waals surface area contributed by atoms with Gasteiger partial charge in [0.1, 0.15) is 0 Å². The van der Waals surface area contributed by atoms with Gasteiger partial charge in [-0.15, -0.1) is 5.10 Å². The Labute approximate surface area is 132 Å². The summed E-state index contributed by atoms with van der Waals surface area (Å²) in [6, 6.07) is 5.97. The van der Waals surface area contributed by atoms with Gasteiger partial charge < -0.3 is 5.32 Å². The monoisotopic (exact) mass is 356 g/mol. The predicted octanol–water partition coefficient (Wildman–Crippen LogP) is 3.63. The van der Waals surface area contributed by atoms with Crippen LogP contribution in [0.25, 0.3) is 0 Å². The zero-order chi connectivity index (χ0) is 14.7. The molecule has 0 aliphatic carbocycles. The Bertz CT molecular complexity index is 577. The highest BCUT2D eigenvalue weighted by molar-refractivity contribution is 9.10. The van der Waals surface area contributed by atoms with Crippen molar-refractivity contribution in [2.75, 3.05) is 6.54 Å². The van der Waals surface area contributed by atoms with Crippen LogP contribution in [-0.4, -0.2) is 21.5 Å². The van der Waals surface area contributed by atoms with E-state index in [-0.39, 0.29) is 6.04 Å². The molecule has 0 amide bonds. The fraction of sp³-hybridized carbons (Fsp3) is 0.429. The summed E-state index contributed by atoms with van der Waals surface area (Å²) < 4.78 is 2.55. The minimum Gasteiger partial charge on any atom is -0.305 e. The average Bonchev–Trinajstić information content (AvgIpc) is 2.74. The first-order valence-electron chi connectivity index (χ1n) is 6.59. The van der Waals surface area contributed by atoms with Gasteiger partial charge in [-0.2, -0.15) is 0 Å². The maximum absolute atomic E-state index is 6.16. The zero-order valence-corrected chi connectivity index (χ0v) is 14.2. The maximum atomic E-state index is 6.16. The lowest BCUT2D eigenvalue weighted by molar-refractivity contribution is 0.548. The van der Waals surface area contributed by atoms with Crippen LogP contribution in [0.1, 0.15) is 36.2 Å². The van der Waals surface area contributed by atoms with Crippen molar-refractivity contribution in [3.05, 3.63) is 44.6 Å². The molecule has 0 fully saturated rings. The standard InChI is InChI=1S/C14H18BrClN4/c1-4-7-17-12(13-14(15)18-19-20(13)3)11-8-10(16)6-5-9(11)2/h5-6,8,12,17H,4,7H2,1-3H3. The van der Waals surface area contributed by atoms with Crippen molar-refractivity contribution < 1.29 is 0 Å². The molecule has 0 aliphatic heterocycles. The second-order valence-corrected chi connectivity index (χ2v) is 5.96. The van der Waals surface area contributed by atoms with Crippen LogP contribution in [0.2, 0.25) is 5.02 Å². The lowest BCUT2D eigenvalue weighted by Gasteiger charge is -2.21. The van der Waals surface area contributed by atoms with E-state index < -0.39 is 0 Å². The van der Waals surface area contributed by atoms with E-state index in [0.717, 1.165) is 33.8 Å². The first-order chi connectivity index (χ1) is 9.54. The summed E-state index contributed by atoms with van der Waals surface area (Å²) in [5.41, 5.74) is 3.34. The highest BCUT2D eigenvalue weighted by atomic mass is 79.9. The Balaban J connectivity index is 2.50. The molecule has 1 atom stereocenters. The summed E-state index contributed by atoms with van der Waals surface area (Å²) >= 11 is 9.64. The van der Waals surface area contributed by atoms with Crippen LogP contribution in [0.3, 0.4) is 0 Å². The molecule has 0 radical (unpaired) electrons. The third-order valence-electron chi connectivity index (χ3n) is 3.25. The van der Waals surface area contributed by atoms with Gasteiger partial charge in [-0.3, -0.25) is 0 Å². The smallest absolute Gasteiger partial charge is 0.153 e. The van der Waals surface area contributed by atoms with Crippen LogP contribution in [0.4, 0.5) is 0 Å². The highest BCUT2D eigenvalue weighted by Gasteiger charge is 2.23. The molecule has 0 saturated heterocycles. The Morgan fingerprint density at radius 1 is 1.45 bits per heavy atom. The third kappa shape index (κ3) is 3.22. The molecule has 0 bridgehead atoms. The number of halogens is 2. The largest absolute Gasteiger partial charge is 0.305 e. The molecule has 2 aromatic rings. The molecule has 1 heterocycles. The van der Waals surface area contributed by atoms with E-state index >= 15 is 0 Å². The molecule has 1 N–H and O–H groups in total. The van der Waals surface area contributed by atoms with Crippen molar-refractivity contribution in [1.29, 1.82) is 0 Å². The number of hydrogen-bond acceptors (Lipinski definition) is 3. The molecule has 0 aliphatic rings. The summed E-state index contributed by atoms with van der Waals surface area (Å²) in [6.45, 7) is 5.14. The minimum atomic E-state index is 0.0167. The summed E-state index contributed by atoms with van der Waals surface area (Å²) in [5, 5.41) is 12.4. The zero-order valence-electron chi connectivity index (χ0n) is 11.8. The van der Waals surface area contributed by atoms with Gasteiger partial charge in [0.05, 0.1) is 11.7 Å². The van der Waals surface area contributed by atoms with Crippen LogP contribution in [0, 0.1) is 6.92 Å². The van der Waals surface area contributed by atoms with Gasteiger partial charge in [0, 0.05) is 12.1 Å². The lowest BCUT2D eigenvalue weighted by atomic mass is 9.99. The molecule has 1 aromatic heterocycles. The Morgan fingerprint density at radius 3 is 2.80 bits per heavy atom. The fourth-order valence-corrected chi connectivity index (χ4v) is 2.95. The average molecular weight is 358 g/mol. The van der Waals surface area contributed by atoms with Crippen LogP contribution in [-0.2, 0) is 7.05 Å². The number of nitrogens with zero attached hydrogens (tertiary/aromatic N) is 3. The molecule has 4 nitrogen and oxygen atoms in total. The van der Waals surface area contributed by atoms with E-state index in [2.05, 4.69) is 45.4 Å². The topological polar surface area (TPSA) is 42.7 Å². The van der Waals surface area contributed by atoms with E-state index in [1.54, 1.807) is 4.68 Å². The number of nitrogens with one attached hydrogen (secondary N) is 1. The molecule has 2 rings (SSSR count). The Morgan fingerprint density at radius 2 is 2.20 bits per heavy atom. The molecule has 6 heteroatoms. The molecule has 0 saturated carbocycles. The van der Waals surface area contributed by atoms with Crippen molar-refractivity contribution in [2.24, 2.45) is 7.05 Å². The number of rotatable bonds is 5. The van der Waals surface area contributed by atoms with Crippen LogP contribution < -0.4 is 5.32 Å². The van der Waals surface area contributed by atoms with Crippen molar-refractivity contribution in [2.45, 2.75) is 26.3 Å². The second-order valence-electron chi connectivity index (χ2n) is 4.78. The first-order valence-corrected chi connectivity index (χ1v) is 7.76. The number of hydrogen-bond donors (Lipinski definition) is 1. The number of aryl methyl sites for hydroxylation is 2. The predicted molar refractivity (Wildman–Crippen MR) is 85.0 cm³/mol. The molecule has 0 spiro atoms. The second kappa shape index (κ2) is 6.70. The van der Waals surface area contributed by atoms with Gasteiger partial charge in [0.2, 0.25) is 0 Å². The van der Waals surface area contributed by atoms with Crippen molar-refractivity contribution in [1.82, 2.24) is 20.3 Å². The summed E-state index contributed by atoms with van der Waals surface area (Å²) in [4.78, 5) is 0. The van der Waals surface area contributed by atoms with Gasteiger partial charge in [0.25, 0.3) is 0 Å². The van der Waals surface area contributed by atoms with Gasteiger partial charge in [-0.1, -0.05) is 29.8 Å². The molecular weight excluding hydrogens is 340 g/mol. The summed E-state index contributed by atoms with van der Waals surface area (Å²) in [6.07, 6.45) is 1.05. The van der Waals surface area contributed by atoms with Crippen LogP contribution in [0.15, 0.2) is 22.8 Å². The molecule has 1 aromatic carbocycles. The van der Waals surface area contributed by atoms with E-state index in [0.29, 0.717) is 0 Å². The van der Waals surface area contributed by atoms with E-state index in [1.807, 2.05) is 25.2 Å². The molecule has 20 heavy (non-hydrogen) atoms. The maximum Gasteiger partial charge on any atom is 0.153 e. The van der Waals surface area contributed by atoms with Gasteiger partial charge >= 0.3 is 0 Å². The van der Waals surface area contributed by atoms with Crippen molar-refractivity contribution in [3.8, 4) is 0 Å². The van der Waals surface area contributed by atoms with E-state index in [4.69, 9.17) is 11.6 Å². The van der Waals surface area contributed by atoms with Gasteiger partial charge in [-0.05, 0) is 59.1 Å². The van der Waals surface area contributed by atoms with Crippen LogP contribution in [0.5, 0.6) is 0 Å². The molecule has 108 valence electrons. The minimum absolute atomic E-state index is 0.0167. The quantitative estimate of drug-likeness (QED) is 0.888. The number of aromatic nitrogens is 3. The van der Waals surface area contributed by atoms with Crippen molar-refractivity contribution >= 4 is 27.5 Å². The highest BCUT2D eigenvalue weighted by Crippen LogP contribution is 2.30. The molecular formula is C14H18BrClN4. The number of benzene rings is 1. The van der Waals surface area contributed by atoms with Gasteiger partial charge in [0.15, 0.2) is 4.60 Å².